The Kier molecular flexibility index (Phi) is 7.46. The monoisotopic (exact) mass is 510 g/mol. The van der Waals surface area contributed by atoms with Gasteiger partial charge in [0.1, 0.15) is 0 Å². The van der Waals surface area contributed by atoms with E-state index >= 15 is 0 Å². The minimum absolute atomic E-state index is 0.0341. The summed E-state index contributed by atoms with van der Waals surface area (Å²) in [6.07, 6.45) is 3.80. The Hall–Kier alpha value is -1.92. The second-order valence-electron chi connectivity index (χ2n) is 10.8. The molecule has 5 rings (SSSR count). The number of hydrazine groups is 1. The van der Waals surface area contributed by atoms with Crippen LogP contribution in [0.3, 0.4) is 0 Å². The third-order valence-corrected chi connectivity index (χ3v) is 7.91. The molecule has 36 heavy (non-hydrogen) atoms. The van der Waals surface area contributed by atoms with Gasteiger partial charge in [-0.3, -0.25) is 18.8 Å². The number of hydrogen-bond donors (Lipinski definition) is 2. The standard InChI is InChI=1S/C25H37F3N6O2/c1-17-5-4-8-32(11-17)12-18-9-21(25(26,27)28)22-14-33(24(35)34(22)13-18)19-6-3-7-20(10-19)36-15-23-30-29-16-31(23)2/h9,13-14,17,19-20,23,29-30H,3-8,10-12,15-16H2,1-2H3/t17-,19?,20?,23?/m0/s1. The zero-order chi connectivity index (χ0) is 25.4. The van der Waals surface area contributed by atoms with Crippen LogP contribution < -0.4 is 16.5 Å². The van der Waals surface area contributed by atoms with Gasteiger partial charge in [-0.25, -0.2) is 15.6 Å². The van der Waals surface area contributed by atoms with E-state index < -0.39 is 17.4 Å². The SMILES string of the molecule is C[C@H]1CCCN(Cc2cc(C(F)(F)F)c3cn(C4CCCC(OCC5NNCN5C)C4)c(=O)n3c2)C1. The van der Waals surface area contributed by atoms with E-state index in [2.05, 4.69) is 27.6 Å². The van der Waals surface area contributed by atoms with Crippen LogP contribution in [0.15, 0.2) is 23.3 Å². The van der Waals surface area contributed by atoms with Crippen molar-refractivity contribution >= 4 is 5.52 Å². The number of nitrogens with one attached hydrogen (secondary N) is 2. The highest BCUT2D eigenvalue weighted by Crippen LogP contribution is 2.35. The van der Waals surface area contributed by atoms with Gasteiger partial charge >= 0.3 is 11.9 Å². The summed E-state index contributed by atoms with van der Waals surface area (Å²) in [6.45, 7) is 5.55. The van der Waals surface area contributed by atoms with Gasteiger partial charge in [0.25, 0.3) is 0 Å². The Labute approximate surface area is 209 Å². The summed E-state index contributed by atoms with van der Waals surface area (Å²) in [5.41, 5.74) is 5.52. The lowest BCUT2D eigenvalue weighted by molar-refractivity contribution is -0.136. The third kappa shape index (κ3) is 5.50. The van der Waals surface area contributed by atoms with E-state index in [4.69, 9.17) is 4.74 Å². The van der Waals surface area contributed by atoms with Crippen molar-refractivity contribution in [2.75, 3.05) is 33.4 Å². The largest absolute Gasteiger partial charge is 0.418 e. The molecule has 11 heteroatoms. The lowest BCUT2D eigenvalue weighted by Crippen LogP contribution is -2.41. The molecule has 1 aliphatic carbocycles. The van der Waals surface area contributed by atoms with Crippen LogP contribution in [0.5, 0.6) is 0 Å². The second kappa shape index (κ2) is 10.4. The number of alkyl halides is 3. The summed E-state index contributed by atoms with van der Waals surface area (Å²) < 4.78 is 51.1. The summed E-state index contributed by atoms with van der Waals surface area (Å²) in [6, 6.07) is 1.04. The number of ether oxygens (including phenoxy) is 1. The maximum absolute atomic E-state index is 14.1. The molecular weight excluding hydrogens is 473 g/mol. The first-order valence-electron chi connectivity index (χ1n) is 13.0. The smallest absolute Gasteiger partial charge is 0.375 e. The van der Waals surface area contributed by atoms with Crippen LogP contribution in [0.2, 0.25) is 0 Å². The molecule has 4 heterocycles. The second-order valence-corrected chi connectivity index (χ2v) is 10.8. The summed E-state index contributed by atoms with van der Waals surface area (Å²) in [4.78, 5) is 17.7. The van der Waals surface area contributed by atoms with E-state index in [1.807, 2.05) is 7.05 Å². The molecule has 1 saturated carbocycles. The Morgan fingerprint density at radius 3 is 2.72 bits per heavy atom. The van der Waals surface area contributed by atoms with Crippen LogP contribution in [-0.2, 0) is 17.5 Å². The molecule has 3 fully saturated rings. The Bertz CT molecular complexity index is 1120. The molecule has 4 atom stereocenters. The number of nitrogens with zero attached hydrogens (tertiary/aromatic N) is 4. The quantitative estimate of drug-likeness (QED) is 0.623. The number of fused-ring (bicyclic) bond motifs is 1. The van der Waals surface area contributed by atoms with Crippen molar-refractivity contribution < 1.29 is 17.9 Å². The topological polar surface area (TPSA) is 66.2 Å². The first kappa shape index (κ1) is 25.7. The van der Waals surface area contributed by atoms with Gasteiger partial charge < -0.3 is 4.74 Å². The predicted molar refractivity (Wildman–Crippen MR) is 130 cm³/mol. The molecule has 0 spiro atoms. The lowest BCUT2D eigenvalue weighted by Gasteiger charge is -2.31. The average Bonchev–Trinajstić information content (AvgIpc) is 3.39. The highest BCUT2D eigenvalue weighted by Gasteiger charge is 2.36. The molecule has 0 bridgehead atoms. The summed E-state index contributed by atoms with van der Waals surface area (Å²) in [5.74, 6) is 0.524. The third-order valence-electron chi connectivity index (χ3n) is 7.91. The predicted octanol–water partition coefficient (Wildman–Crippen LogP) is 3.18. The maximum Gasteiger partial charge on any atom is 0.418 e. The number of piperidine rings is 1. The van der Waals surface area contributed by atoms with Crippen LogP contribution in [0, 0.1) is 5.92 Å². The van der Waals surface area contributed by atoms with Gasteiger partial charge in [0.05, 0.1) is 36.6 Å². The van der Waals surface area contributed by atoms with E-state index in [1.165, 1.54) is 21.2 Å². The van der Waals surface area contributed by atoms with Crippen LogP contribution in [-0.4, -0.2) is 64.5 Å². The molecule has 3 aliphatic rings. The minimum atomic E-state index is -4.54. The highest BCUT2D eigenvalue weighted by molar-refractivity contribution is 5.56. The Morgan fingerprint density at radius 2 is 2.00 bits per heavy atom. The van der Waals surface area contributed by atoms with Crippen molar-refractivity contribution in [1.29, 1.82) is 0 Å². The van der Waals surface area contributed by atoms with Crippen molar-refractivity contribution in [3.8, 4) is 0 Å². The molecule has 0 amide bonds. The van der Waals surface area contributed by atoms with Gasteiger partial charge in [-0.1, -0.05) is 6.92 Å². The molecule has 2 N–H and O–H groups in total. The van der Waals surface area contributed by atoms with Crippen LogP contribution in [0.4, 0.5) is 13.2 Å². The number of hydrogen-bond acceptors (Lipinski definition) is 6. The van der Waals surface area contributed by atoms with Crippen LogP contribution in [0.25, 0.3) is 5.52 Å². The average molecular weight is 511 g/mol. The van der Waals surface area contributed by atoms with Gasteiger partial charge in [-0.2, -0.15) is 13.2 Å². The highest BCUT2D eigenvalue weighted by atomic mass is 19.4. The van der Waals surface area contributed by atoms with Crippen molar-refractivity contribution in [3.63, 3.8) is 0 Å². The van der Waals surface area contributed by atoms with E-state index in [1.54, 1.807) is 6.20 Å². The van der Waals surface area contributed by atoms with Crippen molar-refractivity contribution in [2.45, 2.75) is 76.5 Å². The fourth-order valence-corrected chi connectivity index (χ4v) is 5.96. The van der Waals surface area contributed by atoms with Crippen molar-refractivity contribution in [1.82, 2.24) is 29.6 Å². The zero-order valence-electron chi connectivity index (χ0n) is 21.1. The molecule has 8 nitrogen and oxygen atoms in total. The van der Waals surface area contributed by atoms with E-state index in [0.717, 1.165) is 51.9 Å². The number of aromatic nitrogens is 2. The first-order chi connectivity index (χ1) is 17.2. The molecule has 2 saturated heterocycles. The molecule has 2 aromatic rings. The number of rotatable bonds is 6. The van der Waals surface area contributed by atoms with Crippen molar-refractivity contribution in [3.05, 3.63) is 40.1 Å². The summed E-state index contributed by atoms with van der Waals surface area (Å²) >= 11 is 0. The summed E-state index contributed by atoms with van der Waals surface area (Å²) in [7, 11) is 2.00. The number of imidazole rings is 1. The number of pyridine rings is 1. The molecule has 2 aromatic heterocycles. The first-order valence-corrected chi connectivity index (χ1v) is 13.0. The normalized spacial score (nSPS) is 28.8. The fraction of sp³-hybridized carbons (Fsp3) is 0.720. The molecular formula is C25H37F3N6O2. The Morgan fingerprint density at radius 1 is 1.17 bits per heavy atom. The van der Waals surface area contributed by atoms with E-state index in [0.29, 0.717) is 31.1 Å². The van der Waals surface area contributed by atoms with Crippen molar-refractivity contribution in [2.24, 2.45) is 5.92 Å². The van der Waals surface area contributed by atoms with Crippen LogP contribution >= 0.6 is 0 Å². The molecule has 0 radical (unpaired) electrons. The summed E-state index contributed by atoms with van der Waals surface area (Å²) in [5, 5.41) is 0. The fourth-order valence-electron chi connectivity index (χ4n) is 5.96. The van der Waals surface area contributed by atoms with Gasteiger partial charge in [0, 0.05) is 31.5 Å². The van der Waals surface area contributed by atoms with Gasteiger partial charge in [-0.05, 0) is 69.7 Å². The molecule has 3 unspecified atom stereocenters. The zero-order valence-corrected chi connectivity index (χ0v) is 21.1. The number of likely N-dealkylation sites (tertiary alicyclic amines) is 1. The Balaban J connectivity index is 1.38. The van der Waals surface area contributed by atoms with E-state index in [9.17, 15) is 18.0 Å². The minimum Gasteiger partial charge on any atom is -0.375 e. The van der Waals surface area contributed by atoms with Crippen LogP contribution in [0.1, 0.15) is 62.6 Å². The lowest BCUT2D eigenvalue weighted by atomic mass is 9.92. The number of likely N-dealkylation sites (N-methyl/N-ethyl adjacent to an activating group) is 1. The van der Waals surface area contributed by atoms with Gasteiger partial charge in [0.15, 0.2) is 0 Å². The molecule has 2 aliphatic heterocycles. The van der Waals surface area contributed by atoms with E-state index in [-0.39, 0.29) is 23.8 Å². The van der Waals surface area contributed by atoms with Gasteiger partial charge in [-0.15, -0.1) is 0 Å². The maximum atomic E-state index is 14.1. The molecule has 200 valence electrons. The molecule has 0 aromatic carbocycles. The van der Waals surface area contributed by atoms with Gasteiger partial charge in [0.2, 0.25) is 0 Å². The number of halogens is 3.